The third kappa shape index (κ3) is 0.683. The van der Waals surface area contributed by atoms with Gasteiger partial charge in [-0.2, -0.15) is 0 Å². The van der Waals surface area contributed by atoms with Crippen molar-refractivity contribution >= 4 is 43.9 Å². The third-order valence-corrected chi connectivity index (χ3v) is 3.32. The Morgan fingerprint density at radius 2 is 1.12 bits per heavy atom. The lowest BCUT2D eigenvalue weighted by atomic mass is 10.0. The Balaban J connectivity index is 2.15. The summed E-state index contributed by atoms with van der Waals surface area (Å²) >= 11 is 0. The van der Waals surface area contributed by atoms with Crippen molar-refractivity contribution < 1.29 is 8.83 Å². The Labute approximate surface area is 89.7 Å². The predicted octanol–water partition coefficient (Wildman–Crippen LogP) is 4.36. The van der Waals surface area contributed by atoms with E-state index in [-0.39, 0.29) is 0 Å². The molecule has 16 heavy (non-hydrogen) atoms. The molecule has 0 spiro atoms. The van der Waals surface area contributed by atoms with Gasteiger partial charge >= 0.3 is 0 Å². The first-order chi connectivity index (χ1) is 7.92. The van der Waals surface area contributed by atoms with Crippen LogP contribution in [-0.4, -0.2) is 0 Å². The van der Waals surface area contributed by atoms with Gasteiger partial charge in [0.15, 0.2) is 11.2 Å². The lowest BCUT2D eigenvalue weighted by Crippen LogP contribution is -1.73. The minimum Gasteiger partial charge on any atom is -0.445 e. The fourth-order valence-electron chi connectivity index (χ4n) is 2.42. The Morgan fingerprint density at radius 1 is 0.625 bits per heavy atom. The molecule has 2 heterocycles. The van der Waals surface area contributed by atoms with Crippen LogP contribution in [0.4, 0.5) is 0 Å². The Kier molecular flexibility index (Phi) is 0.890. The fraction of sp³-hybridized carbons (Fsp3) is 0. The van der Waals surface area contributed by atoms with Gasteiger partial charge in [-0.1, -0.05) is 24.3 Å². The number of hydrogen-bond donors (Lipinski definition) is 0. The van der Waals surface area contributed by atoms with E-state index in [1.165, 1.54) is 21.5 Å². The average Bonchev–Trinajstić information content (AvgIpc) is 3.16. The quantitative estimate of drug-likeness (QED) is 0.352. The molecule has 0 bridgehead atoms. The smallest absolute Gasteiger partial charge is 0.217 e. The second kappa shape index (κ2) is 2.00. The zero-order valence-corrected chi connectivity index (χ0v) is 8.28. The molecule has 0 N–H and O–H groups in total. The van der Waals surface area contributed by atoms with Crippen molar-refractivity contribution in [2.45, 2.75) is 0 Å². The largest absolute Gasteiger partial charge is 0.445 e. The minimum absolute atomic E-state index is 0.942. The molecule has 2 aromatic heterocycles. The highest BCUT2D eigenvalue weighted by atomic mass is 16.4. The number of hydrogen-bond acceptors (Lipinski definition) is 2. The van der Waals surface area contributed by atoms with Crippen molar-refractivity contribution in [1.29, 1.82) is 0 Å². The second-order valence-electron chi connectivity index (χ2n) is 4.27. The molecule has 2 nitrogen and oxygen atoms in total. The molecule has 0 saturated heterocycles. The molecule has 0 amide bonds. The molecule has 2 heteroatoms. The summed E-state index contributed by atoms with van der Waals surface area (Å²) in [6.45, 7) is 0. The van der Waals surface area contributed by atoms with E-state index < -0.39 is 0 Å². The van der Waals surface area contributed by atoms with Crippen LogP contribution >= 0.6 is 0 Å². The summed E-state index contributed by atoms with van der Waals surface area (Å²) in [5, 5.41) is 4.83. The van der Waals surface area contributed by atoms with Crippen molar-refractivity contribution in [2.75, 3.05) is 0 Å². The monoisotopic (exact) mass is 206 g/mol. The molecule has 0 radical (unpaired) electrons. The van der Waals surface area contributed by atoms with Crippen LogP contribution < -0.4 is 0 Å². The van der Waals surface area contributed by atoms with E-state index in [0.717, 1.165) is 22.3 Å². The highest BCUT2D eigenvalue weighted by Gasteiger charge is 2.26. The van der Waals surface area contributed by atoms with Crippen molar-refractivity contribution in [2.24, 2.45) is 0 Å². The lowest BCUT2D eigenvalue weighted by molar-refractivity contribution is 0.734. The van der Waals surface area contributed by atoms with Gasteiger partial charge in [0.2, 0.25) is 11.2 Å². The average molecular weight is 206 g/mol. The Morgan fingerprint density at radius 3 is 1.62 bits per heavy atom. The van der Waals surface area contributed by atoms with E-state index in [0.29, 0.717) is 0 Å². The van der Waals surface area contributed by atoms with Crippen LogP contribution in [0.3, 0.4) is 0 Å². The Hall–Kier alpha value is -2.22. The minimum atomic E-state index is 0.942. The van der Waals surface area contributed by atoms with Gasteiger partial charge in [-0.15, -0.1) is 0 Å². The van der Waals surface area contributed by atoms with Crippen molar-refractivity contribution in [3.8, 4) is 0 Å². The highest BCUT2D eigenvalue weighted by molar-refractivity contribution is 6.26. The number of rotatable bonds is 0. The first-order valence-corrected chi connectivity index (χ1v) is 5.30. The number of benzene rings is 3. The summed E-state index contributed by atoms with van der Waals surface area (Å²) in [6, 6.07) is 12.7. The van der Waals surface area contributed by atoms with E-state index in [1.54, 1.807) is 0 Å². The fourth-order valence-corrected chi connectivity index (χ4v) is 2.42. The highest BCUT2D eigenvalue weighted by Crippen LogP contribution is 2.47. The molecular weight excluding hydrogens is 200 g/mol. The SMILES string of the molecule is c1ccc2cc3c(cc2c1)c1oc1c1oc31. The van der Waals surface area contributed by atoms with E-state index in [1.807, 2.05) is 0 Å². The summed E-state index contributed by atoms with van der Waals surface area (Å²) in [7, 11) is 0. The first-order valence-electron chi connectivity index (χ1n) is 5.30. The molecule has 0 unspecified atom stereocenters. The molecule has 3 aromatic carbocycles. The van der Waals surface area contributed by atoms with Crippen LogP contribution in [0.25, 0.3) is 43.9 Å². The summed E-state index contributed by atoms with van der Waals surface area (Å²) in [4.78, 5) is 0. The van der Waals surface area contributed by atoms with Gasteiger partial charge in [0, 0.05) is 10.8 Å². The van der Waals surface area contributed by atoms with Gasteiger partial charge < -0.3 is 8.83 Å². The van der Waals surface area contributed by atoms with Crippen molar-refractivity contribution in [1.82, 2.24) is 0 Å². The molecule has 0 aliphatic heterocycles. The molecule has 0 fully saturated rings. The second-order valence-corrected chi connectivity index (χ2v) is 4.27. The molecule has 74 valence electrons. The number of fused-ring (bicyclic) bond motifs is 7. The normalized spacial score (nSPS) is 13.0. The molecule has 5 rings (SSSR count). The maximum absolute atomic E-state index is 5.46. The van der Waals surface area contributed by atoms with Gasteiger partial charge in [0.05, 0.1) is 0 Å². The molecular formula is C14H6O2. The van der Waals surface area contributed by atoms with E-state index in [9.17, 15) is 0 Å². The zero-order chi connectivity index (χ0) is 10.3. The standard InChI is InChI=1S/C14H6O2/c1-2-4-8-6-10-9(5-7(8)3-1)11-13(15-11)14-12(10)16-14/h1-6H. The summed E-state index contributed by atoms with van der Waals surface area (Å²) in [5.74, 6) is 0. The summed E-state index contributed by atoms with van der Waals surface area (Å²) < 4.78 is 10.9. The van der Waals surface area contributed by atoms with Crippen LogP contribution in [0, 0.1) is 0 Å². The van der Waals surface area contributed by atoms with E-state index in [2.05, 4.69) is 36.4 Å². The van der Waals surface area contributed by atoms with Crippen molar-refractivity contribution in [3.63, 3.8) is 0 Å². The van der Waals surface area contributed by atoms with Gasteiger partial charge in [-0.25, -0.2) is 0 Å². The zero-order valence-electron chi connectivity index (χ0n) is 8.28. The van der Waals surface area contributed by atoms with Gasteiger partial charge in [-0.05, 0) is 22.9 Å². The summed E-state index contributed by atoms with van der Waals surface area (Å²) in [6.07, 6.45) is 0. The third-order valence-electron chi connectivity index (χ3n) is 3.32. The molecule has 0 aliphatic rings. The van der Waals surface area contributed by atoms with Gasteiger partial charge in [0.1, 0.15) is 0 Å². The first kappa shape index (κ1) is 7.12. The molecule has 0 saturated carbocycles. The van der Waals surface area contributed by atoms with E-state index in [4.69, 9.17) is 8.83 Å². The van der Waals surface area contributed by atoms with Crippen LogP contribution in [-0.2, 0) is 0 Å². The van der Waals surface area contributed by atoms with Crippen LogP contribution in [0.2, 0.25) is 0 Å². The predicted molar refractivity (Wildman–Crippen MR) is 63.4 cm³/mol. The maximum atomic E-state index is 5.46. The van der Waals surface area contributed by atoms with Crippen LogP contribution in [0.1, 0.15) is 0 Å². The van der Waals surface area contributed by atoms with Crippen LogP contribution in [0.15, 0.2) is 45.2 Å². The van der Waals surface area contributed by atoms with Gasteiger partial charge in [0.25, 0.3) is 0 Å². The van der Waals surface area contributed by atoms with Crippen LogP contribution in [0.5, 0.6) is 0 Å². The molecule has 5 aromatic rings. The van der Waals surface area contributed by atoms with Gasteiger partial charge in [-0.3, -0.25) is 0 Å². The van der Waals surface area contributed by atoms with E-state index >= 15 is 0 Å². The lowest BCUT2D eigenvalue weighted by Gasteiger charge is -1.97. The molecule has 0 atom stereocenters. The topological polar surface area (TPSA) is 26.3 Å². The van der Waals surface area contributed by atoms with Crippen molar-refractivity contribution in [3.05, 3.63) is 36.4 Å². The maximum Gasteiger partial charge on any atom is 0.217 e. The molecule has 0 aliphatic carbocycles. The Bertz CT molecular complexity index is 861. The summed E-state index contributed by atoms with van der Waals surface area (Å²) in [5.41, 5.74) is 3.88.